The molecule has 2 rings (SSSR count). The van der Waals surface area contributed by atoms with Gasteiger partial charge in [0.25, 0.3) is 0 Å². The van der Waals surface area contributed by atoms with E-state index in [1.807, 2.05) is 6.07 Å². The number of furan rings is 1. The van der Waals surface area contributed by atoms with Crippen LogP contribution in [0.3, 0.4) is 0 Å². The number of fused-ring (bicyclic) bond motifs is 1. The van der Waals surface area contributed by atoms with Crippen LogP contribution >= 0.6 is 0 Å². The van der Waals surface area contributed by atoms with E-state index in [0.717, 1.165) is 23.2 Å². The molecule has 2 nitrogen and oxygen atoms in total. The molecule has 1 aromatic heterocycles. The summed E-state index contributed by atoms with van der Waals surface area (Å²) in [6.45, 7) is 8.54. The SMILES string of the molecule is CCc1ccc2oc(C(N)C(C)(C)C)cc2c1. The highest BCUT2D eigenvalue weighted by atomic mass is 16.3. The number of benzene rings is 1. The Balaban J connectivity index is 2.44. The normalized spacial score (nSPS) is 14.2. The Hall–Kier alpha value is -1.28. The van der Waals surface area contributed by atoms with Crippen molar-refractivity contribution < 1.29 is 4.42 Å². The topological polar surface area (TPSA) is 39.2 Å². The average Bonchev–Trinajstić information content (AvgIpc) is 2.68. The Morgan fingerprint density at radius 2 is 1.94 bits per heavy atom. The van der Waals surface area contributed by atoms with Crippen LogP contribution in [0.2, 0.25) is 0 Å². The lowest BCUT2D eigenvalue weighted by Gasteiger charge is -2.24. The Bertz CT molecular complexity index is 519. The molecule has 17 heavy (non-hydrogen) atoms. The van der Waals surface area contributed by atoms with Crippen LogP contribution in [0.1, 0.15) is 45.1 Å². The molecule has 0 bridgehead atoms. The van der Waals surface area contributed by atoms with Gasteiger partial charge in [-0.25, -0.2) is 0 Å². The number of hydrogen-bond donors (Lipinski definition) is 1. The maximum absolute atomic E-state index is 6.21. The van der Waals surface area contributed by atoms with Crippen molar-refractivity contribution in [2.24, 2.45) is 11.1 Å². The molecule has 0 aliphatic heterocycles. The van der Waals surface area contributed by atoms with Crippen molar-refractivity contribution in [3.05, 3.63) is 35.6 Å². The van der Waals surface area contributed by atoms with Crippen molar-refractivity contribution in [1.29, 1.82) is 0 Å². The van der Waals surface area contributed by atoms with E-state index in [1.54, 1.807) is 0 Å². The molecule has 0 aliphatic carbocycles. The third-order valence-corrected chi connectivity index (χ3v) is 3.25. The van der Waals surface area contributed by atoms with Gasteiger partial charge in [-0.05, 0) is 35.6 Å². The summed E-state index contributed by atoms with van der Waals surface area (Å²) in [5.41, 5.74) is 8.48. The van der Waals surface area contributed by atoms with Crippen LogP contribution in [-0.4, -0.2) is 0 Å². The molecule has 1 aromatic carbocycles. The number of rotatable bonds is 2. The van der Waals surface area contributed by atoms with Gasteiger partial charge in [-0.15, -0.1) is 0 Å². The molecule has 92 valence electrons. The molecule has 2 N–H and O–H groups in total. The highest BCUT2D eigenvalue weighted by Gasteiger charge is 2.25. The molecular formula is C15H21NO. The zero-order valence-electron chi connectivity index (χ0n) is 11.1. The minimum atomic E-state index is -0.0695. The zero-order valence-corrected chi connectivity index (χ0v) is 11.1. The van der Waals surface area contributed by atoms with E-state index in [-0.39, 0.29) is 11.5 Å². The quantitative estimate of drug-likeness (QED) is 0.847. The molecular weight excluding hydrogens is 210 g/mol. The van der Waals surface area contributed by atoms with E-state index in [1.165, 1.54) is 5.56 Å². The maximum Gasteiger partial charge on any atom is 0.134 e. The third kappa shape index (κ3) is 2.37. The summed E-state index contributed by atoms with van der Waals surface area (Å²) in [6.07, 6.45) is 1.04. The third-order valence-electron chi connectivity index (χ3n) is 3.25. The summed E-state index contributed by atoms with van der Waals surface area (Å²) in [4.78, 5) is 0. The maximum atomic E-state index is 6.21. The van der Waals surface area contributed by atoms with Gasteiger partial charge in [0, 0.05) is 5.39 Å². The van der Waals surface area contributed by atoms with E-state index in [2.05, 4.69) is 45.9 Å². The van der Waals surface area contributed by atoms with Gasteiger partial charge in [-0.1, -0.05) is 33.8 Å². The van der Waals surface area contributed by atoms with Gasteiger partial charge >= 0.3 is 0 Å². The second kappa shape index (κ2) is 4.19. The molecule has 0 amide bonds. The standard InChI is InChI=1S/C15H21NO/c1-5-10-6-7-12-11(8-10)9-13(17-12)14(16)15(2,3)4/h6-9,14H,5,16H2,1-4H3. The first kappa shape index (κ1) is 12.2. The lowest BCUT2D eigenvalue weighted by Crippen LogP contribution is -2.25. The Kier molecular flexibility index (Phi) is 3.00. The van der Waals surface area contributed by atoms with Crippen LogP contribution in [-0.2, 0) is 6.42 Å². The van der Waals surface area contributed by atoms with Gasteiger partial charge in [-0.2, -0.15) is 0 Å². The fourth-order valence-corrected chi connectivity index (χ4v) is 1.91. The van der Waals surface area contributed by atoms with E-state index in [4.69, 9.17) is 10.2 Å². The average molecular weight is 231 g/mol. The highest BCUT2D eigenvalue weighted by molar-refractivity contribution is 5.78. The first-order valence-corrected chi connectivity index (χ1v) is 6.19. The fourth-order valence-electron chi connectivity index (χ4n) is 1.91. The van der Waals surface area contributed by atoms with Crippen molar-refractivity contribution >= 4 is 11.0 Å². The van der Waals surface area contributed by atoms with Gasteiger partial charge in [0.05, 0.1) is 6.04 Å². The van der Waals surface area contributed by atoms with Crippen LogP contribution in [0.15, 0.2) is 28.7 Å². The molecule has 0 aliphatic rings. The molecule has 0 radical (unpaired) electrons. The van der Waals surface area contributed by atoms with E-state index in [0.29, 0.717) is 0 Å². The summed E-state index contributed by atoms with van der Waals surface area (Å²) in [7, 11) is 0. The van der Waals surface area contributed by atoms with Crippen molar-refractivity contribution in [2.45, 2.75) is 40.2 Å². The highest BCUT2D eigenvalue weighted by Crippen LogP contribution is 2.33. The summed E-state index contributed by atoms with van der Waals surface area (Å²) >= 11 is 0. The monoisotopic (exact) mass is 231 g/mol. The molecule has 1 heterocycles. The predicted molar refractivity (Wildman–Crippen MR) is 72.0 cm³/mol. The van der Waals surface area contributed by atoms with Gasteiger partial charge < -0.3 is 10.2 Å². The smallest absolute Gasteiger partial charge is 0.134 e. The van der Waals surface area contributed by atoms with E-state index >= 15 is 0 Å². The molecule has 0 saturated carbocycles. The Morgan fingerprint density at radius 1 is 1.24 bits per heavy atom. The van der Waals surface area contributed by atoms with Gasteiger partial charge in [0.1, 0.15) is 11.3 Å². The zero-order chi connectivity index (χ0) is 12.6. The van der Waals surface area contributed by atoms with Crippen molar-refractivity contribution in [1.82, 2.24) is 0 Å². The Morgan fingerprint density at radius 3 is 2.53 bits per heavy atom. The lowest BCUT2D eigenvalue weighted by atomic mass is 9.86. The summed E-state index contributed by atoms with van der Waals surface area (Å²) < 4.78 is 5.83. The van der Waals surface area contributed by atoms with E-state index in [9.17, 15) is 0 Å². The number of nitrogens with two attached hydrogens (primary N) is 1. The van der Waals surface area contributed by atoms with Crippen molar-refractivity contribution in [2.75, 3.05) is 0 Å². The van der Waals surface area contributed by atoms with Gasteiger partial charge in [0.2, 0.25) is 0 Å². The van der Waals surface area contributed by atoms with Crippen LogP contribution in [0.4, 0.5) is 0 Å². The first-order valence-electron chi connectivity index (χ1n) is 6.19. The van der Waals surface area contributed by atoms with Gasteiger partial charge in [0.15, 0.2) is 0 Å². The molecule has 2 heteroatoms. The summed E-state index contributed by atoms with van der Waals surface area (Å²) in [5.74, 6) is 0.876. The second-order valence-electron chi connectivity index (χ2n) is 5.72. The minimum absolute atomic E-state index is 0.0153. The minimum Gasteiger partial charge on any atom is -0.459 e. The molecule has 1 atom stereocenters. The lowest BCUT2D eigenvalue weighted by molar-refractivity contribution is 0.290. The largest absolute Gasteiger partial charge is 0.459 e. The van der Waals surface area contributed by atoms with Crippen LogP contribution < -0.4 is 5.73 Å². The van der Waals surface area contributed by atoms with Crippen molar-refractivity contribution in [3.63, 3.8) is 0 Å². The Labute approximate surface area is 103 Å². The molecule has 0 saturated heterocycles. The summed E-state index contributed by atoms with van der Waals surface area (Å²) in [5, 5.41) is 1.15. The molecule has 0 fully saturated rings. The second-order valence-corrected chi connectivity index (χ2v) is 5.72. The predicted octanol–water partition coefficient (Wildman–Crippen LogP) is 4.04. The van der Waals surface area contributed by atoms with E-state index < -0.39 is 0 Å². The number of hydrogen-bond acceptors (Lipinski definition) is 2. The molecule has 2 aromatic rings. The fraction of sp³-hybridized carbons (Fsp3) is 0.467. The van der Waals surface area contributed by atoms with Crippen LogP contribution in [0.25, 0.3) is 11.0 Å². The molecule has 1 unspecified atom stereocenters. The van der Waals surface area contributed by atoms with Crippen LogP contribution in [0, 0.1) is 5.41 Å². The van der Waals surface area contributed by atoms with Crippen molar-refractivity contribution in [3.8, 4) is 0 Å². The van der Waals surface area contributed by atoms with Crippen LogP contribution in [0.5, 0.6) is 0 Å². The molecule has 0 spiro atoms. The first-order chi connectivity index (χ1) is 7.91. The van der Waals surface area contributed by atoms with Gasteiger partial charge in [-0.3, -0.25) is 0 Å². The number of aryl methyl sites for hydroxylation is 1. The summed E-state index contributed by atoms with van der Waals surface area (Å²) in [6, 6.07) is 8.33.